The molecule has 1 aliphatic rings. The van der Waals surface area contributed by atoms with Crippen LogP contribution in [0.4, 0.5) is 0 Å². The first-order valence-corrected chi connectivity index (χ1v) is 10.7. The summed E-state index contributed by atoms with van der Waals surface area (Å²) in [5.74, 6) is 1.73. The lowest BCUT2D eigenvalue weighted by Gasteiger charge is -2.19. The van der Waals surface area contributed by atoms with Crippen LogP contribution in [0, 0.1) is 0 Å². The summed E-state index contributed by atoms with van der Waals surface area (Å²) < 4.78 is 11.9. The molecular weight excluding hydrogens is 376 g/mol. The molecule has 0 atom stereocenters. The van der Waals surface area contributed by atoms with Gasteiger partial charge in [0.2, 0.25) is 0 Å². The van der Waals surface area contributed by atoms with Crippen molar-refractivity contribution in [3.63, 3.8) is 0 Å². The van der Waals surface area contributed by atoms with E-state index in [9.17, 15) is 0 Å². The van der Waals surface area contributed by atoms with Crippen molar-refractivity contribution in [3.8, 4) is 33.1 Å². The van der Waals surface area contributed by atoms with Gasteiger partial charge in [-0.1, -0.05) is 78.9 Å². The van der Waals surface area contributed by atoms with E-state index in [1.54, 1.807) is 11.3 Å². The van der Waals surface area contributed by atoms with Crippen LogP contribution in [-0.4, -0.2) is 13.2 Å². The number of benzene rings is 4. The van der Waals surface area contributed by atoms with Crippen LogP contribution in [0.2, 0.25) is 0 Å². The van der Waals surface area contributed by atoms with E-state index in [1.807, 2.05) is 0 Å². The predicted molar refractivity (Wildman–Crippen MR) is 121 cm³/mol. The zero-order chi connectivity index (χ0) is 19.2. The summed E-state index contributed by atoms with van der Waals surface area (Å²) in [7, 11) is 0. The molecule has 29 heavy (non-hydrogen) atoms. The van der Waals surface area contributed by atoms with E-state index in [0.717, 1.165) is 16.4 Å². The lowest BCUT2D eigenvalue weighted by molar-refractivity contribution is 0.174. The molecule has 0 bridgehead atoms. The molecule has 0 fully saturated rings. The molecule has 6 rings (SSSR count). The van der Waals surface area contributed by atoms with Crippen molar-refractivity contribution in [1.82, 2.24) is 0 Å². The molecule has 3 heteroatoms. The second-order valence-corrected chi connectivity index (χ2v) is 8.07. The molecule has 0 saturated heterocycles. The Kier molecular flexibility index (Phi) is 3.81. The highest BCUT2D eigenvalue weighted by Gasteiger charge is 2.24. The maximum absolute atomic E-state index is 6.06. The van der Waals surface area contributed by atoms with E-state index < -0.39 is 0 Å². The van der Waals surface area contributed by atoms with Crippen LogP contribution in [0.1, 0.15) is 0 Å². The third-order valence-electron chi connectivity index (χ3n) is 5.54. The molecule has 4 aromatic carbocycles. The van der Waals surface area contributed by atoms with Gasteiger partial charge in [-0.25, -0.2) is 0 Å². The molecule has 2 heterocycles. The van der Waals surface area contributed by atoms with Gasteiger partial charge in [0.25, 0.3) is 0 Å². The molecule has 0 saturated carbocycles. The molecule has 0 unspecified atom stereocenters. The largest absolute Gasteiger partial charge is 0.485 e. The van der Waals surface area contributed by atoms with Crippen molar-refractivity contribution in [2.45, 2.75) is 0 Å². The third kappa shape index (κ3) is 2.62. The molecule has 0 N–H and O–H groups in total. The van der Waals surface area contributed by atoms with Gasteiger partial charge in [-0.3, -0.25) is 0 Å². The second kappa shape index (κ2) is 6.64. The average molecular weight is 394 g/mol. The van der Waals surface area contributed by atoms with Gasteiger partial charge in [-0.05, 0) is 32.7 Å². The molecule has 1 aromatic heterocycles. The van der Waals surface area contributed by atoms with E-state index in [4.69, 9.17) is 9.47 Å². The number of rotatable bonds is 2. The summed E-state index contributed by atoms with van der Waals surface area (Å²) in [5.41, 5.74) is 3.68. The highest BCUT2D eigenvalue weighted by atomic mass is 32.1. The van der Waals surface area contributed by atoms with Gasteiger partial charge in [0.15, 0.2) is 11.5 Å². The van der Waals surface area contributed by atoms with Gasteiger partial charge >= 0.3 is 0 Å². The highest BCUT2D eigenvalue weighted by Crippen LogP contribution is 2.51. The van der Waals surface area contributed by atoms with Crippen molar-refractivity contribution in [2.75, 3.05) is 13.2 Å². The number of hydrogen-bond donors (Lipinski definition) is 0. The van der Waals surface area contributed by atoms with Crippen molar-refractivity contribution in [1.29, 1.82) is 0 Å². The SMILES string of the molecule is c1ccc2c(-c3ccc4ccccc4c3-c3scc4c3OCCO4)cccc2c1. The fourth-order valence-corrected chi connectivity index (χ4v) is 5.24. The summed E-state index contributed by atoms with van der Waals surface area (Å²) in [4.78, 5) is 1.14. The first-order valence-electron chi connectivity index (χ1n) is 9.77. The zero-order valence-corrected chi connectivity index (χ0v) is 16.5. The van der Waals surface area contributed by atoms with E-state index in [2.05, 4.69) is 84.2 Å². The van der Waals surface area contributed by atoms with Crippen LogP contribution in [0.15, 0.2) is 84.2 Å². The Hall–Kier alpha value is -3.30. The summed E-state index contributed by atoms with van der Waals surface area (Å²) in [6.45, 7) is 1.19. The highest BCUT2D eigenvalue weighted by molar-refractivity contribution is 7.14. The number of ether oxygens (including phenoxy) is 2. The standard InChI is InChI=1S/C26H18O2S/c1-3-9-19-17(6-1)8-5-11-21(19)22-13-12-18-7-2-4-10-20(18)24(22)26-25-23(16-29-26)27-14-15-28-25/h1-13,16H,14-15H2. The first-order chi connectivity index (χ1) is 14.4. The minimum atomic E-state index is 0.588. The average Bonchev–Trinajstić information content (AvgIpc) is 3.22. The normalized spacial score (nSPS) is 13.1. The molecular formula is C26H18O2S. The van der Waals surface area contributed by atoms with Gasteiger partial charge in [-0.15, -0.1) is 11.3 Å². The molecule has 5 aromatic rings. The van der Waals surface area contributed by atoms with Gasteiger partial charge in [0.1, 0.15) is 13.2 Å². The van der Waals surface area contributed by atoms with Gasteiger partial charge in [0, 0.05) is 10.9 Å². The Morgan fingerprint density at radius 2 is 1.34 bits per heavy atom. The van der Waals surface area contributed by atoms with Crippen LogP contribution in [0.25, 0.3) is 43.1 Å². The lowest BCUT2D eigenvalue weighted by Crippen LogP contribution is -2.14. The van der Waals surface area contributed by atoms with Crippen LogP contribution in [-0.2, 0) is 0 Å². The lowest BCUT2D eigenvalue weighted by atomic mass is 9.90. The van der Waals surface area contributed by atoms with Gasteiger partial charge in [0.05, 0.1) is 4.88 Å². The quantitative estimate of drug-likeness (QED) is 0.316. The molecule has 1 aliphatic heterocycles. The van der Waals surface area contributed by atoms with E-state index in [1.165, 1.54) is 38.2 Å². The third-order valence-corrected chi connectivity index (χ3v) is 6.49. The predicted octanol–water partition coefficient (Wildman–Crippen LogP) is 7.16. The monoisotopic (exact) mass is 394 g/mol. The molecule has 0 aliphatic carbocycles. The van der Waals surface area contributed by atoms with E-state index >= 15 is 0 Å². The summed E-state index contributed by atoms with van der Waals surface area (Å²) >= 11 is 1.70. The van der Waals surface area contributed by atoms with E-state index in [-0.39, 0.29) is 0 Å². The van der Waals surface area contributed by atoms with Crippen molar-refractivity contribution in [3.05, 3.63) is 84.2 Å². The summed E-state index contributed by atoms with van der Waals surface area (Å²) in [5, 5.41) is 7.03. The topological polar surface area (TPSA) is 18.5 Å². The van der Waals surface area contributed by atoms with Crippen LogP contribution in [0.5, 0.6) is 11.5 Å². The smallest absolute Gasteiger partial charge is 0.179 e. The summed E-state index contributed by atoms with van der Waals surface area (Å²) in [6.07, 6.45) is 0. The maximum atomic E-state index is 6.06. The molecule has 140 valence electrons. The fraction of sp³-hybridized carbons (Fsp3) is 0.0769. The van der Waals surface area contributed by atoms with E-state index in [0.29, 0.717) is 13.2 Å². The minimum Gasteiger partial charge on any atom is -0.485 e. The minimum absolute atomic E-state index is 0.588. The maximum Gasteiger partial charge on any atom is 0.179 e. The Morgan fingerprint density at radius 1 is 0.621 bits per heavy atom. The van der Waals surface area contributed by atoms with Crippen LogP contribution >= 0.6 is 11.3 Å². The van der Waals surface area contributed by atoms with Crippen molar-refractivity contribution < 1.29 is 9.47 Å². The van der Waals surface area contributed by atoms with Gasteiger partial charge < -0.3 is 9.47 Å². The second-order valence-electron chi connectivity index (χ2n) is 7.19. The fourth-order valence-electron chi connectivity index (χ4n) is 4.24. The first kappa shape index (κ1) is 16.6. The Morgan fingerprint density at radius 3 is 2.24 bits per heavy atom. The number of fused-ring (bicyclic) bond motifs is 3. The van der Waals surface area contributed by atoms with Crippen molar-refractivity contribution >= 4 is 32.9 Å². The van der Waals surface area contributed by atoms with Gasteiger partial charge in [-0.2, -0.15) is 0 Å². The molecule has 2 nitrogen and oxygen atoms in total. The van der Waals surface area contributed by atoms with Crippen LogP contribution < -0.4 is 9.47 Å². The molecule has 0 spiro atoms. The van der Waals surface area contributed by atoms with Crippen molar-refractivity contribution in [2.24, 2.45) is 0 Å². The zero-order valence-electron chi connectivity index (χ0n) is 15.7. The van der Waals surface area contributed by atoms with Crippen LogP contribution in [0.3, 0.4) is 0 Å². The molecule has 0 radical (unpaired) electrons. The molecule has 0 amide bonds. The Labute approximate surface area is 173 Å². The number of hydrogen-bond acceptors (Lipinski definition) is 3. The summed E-state index contributed by atoms with van der Waals surface area (Å²) in [6, 6.07) is 28.1. The number of thiophene rings is 1. The Balaban J connectivity index is 1.72. The Bertz CT molecular complexity index is 1360.